The normalized spacial score (nSPS) is 24.5. The van der Waals surface area contributed by atoms with E-state index in [1.807, 2.05) is 31.2 Å². The summed E-state index contributed by atoms with van der Waals surface area (Å²) in [6.45, 7) is 5.89. The van der Waals surface area contributed by atoms with Crippen molar-refractivity contribution in [1.82, 2.24) is 0 Å². The van der Waals surface area contributed by atoms with E-state index < -0.39 is 11.8 Å². The third-order valence-electron chi connectivity index (χ3n) is 2.54. The Morgan fingerprint density at radius 2 is 2.07 bits per heavy atom. The molecule has 3 heteroatoms. The van der Waals surface area contributed by atoms with Crippen LogP contribution in [0.15, 0.2) is 36.9 Å². The minimum Gasteiger partial charge on any atom is -0.429 e. The van der Waals surface area contributed by atoms with Gasteiger partial charge in [-0.2, -0.15) is 0 Å². The van der Waals surface area contributed by atoms with Gasteiger partial charge in [-0.1, -0.05) is 36.4 Å². The lowest BCUT2D eigenvalue weighted by molar-refractivity contribution is 0.0887. The van der Waals surface area contributed by atoms with Gasteiger partial charge in [-0.25, -0.2) is 4.79 Å². The highest BCUT2D eigenvalue weighted by molar-refractivity contribution is 5.64. The summed E-state index contributed by atoms with van der Waals surface area (Å²) in [5.74, 6) is 0. The van der Waals surface area contributed by atoms with Crippen LogP contribution in [0.5, 0.6) is 0 Å². The van der Waals surface area contributed by atoms with Gasteiger partial charge in [0, 0.05) is 5.56 Å². The molecule has 0 aliphatic carbocycles. The van der Waals surface area contributed by atoms with E-state index in [0.29, 0.717) is 0 Å². The molecule has 0 N–H and O–H groups in total. The minimum atomic E-state index is -0.815. The predicted molar refractivity (Wildman–Crippen MR) is 55.5 cm³/mol. The first-order valence-corrected chi connectivity index (χ1v) is 4.73. The van der Waals surface area contributed by atoms with Crippen LogP contribution >= 0.6 is 0 Å². The highest BCUT2D eigenvalue weighted by Gasteiger charge is 2.41. The third-order valence-corrected chi connectivity index (χ3v) is 2.54. The number of hydrogen-bond acceptors (Lipinski definition) is 3. The van der Waals surface area contributed by atoms with E-state index in [1.165, 1.54) is 0 Å². The molecule has 2 rings (SSSR count). The Morgan fingerprint density at radius 1 is 1.40 bits per heavy atom. The van der Waals surface area contributed by atoms with Crippen LogP contribution in [-0.2, 0) is 15.1 Å². The number of ether oxygens (including phenoxy) is 2. The van der Waals surface area contributed by atoms with Crippen molar-refractivity contribution in [3.63, 3.8) is 0 Å². The molecule has 1 aliphatic rings. The largest absolute Gasteiger partial charge is 0.509 e. The summed E-state index contributed by atoms with van der Waals surface area (Å²) in [6, 6.07) is 7.76. The molecule has 0 unspecified atom stereocenters. The average molecular weight is 204 g/mol. The summed E-state index contributed by atoms with van der Waals surface area (Å²) in [5, 5.41) is 0. The van der Waals surface area contributed by atoms with Gasteiger partial charge < -0.3 is 9.47 Å². The number of benzene rings is 1. The topological polar surface area (TPSA) is 35.5 Å². The second-order valence-corrected chi connectivity index (χ2v) is 3.60. The quantitative estimate of drug-likeness (QED) is 0.548. The van der Waals surface area contributed by atoms with Gasteiger partial charge >= 0.3 is 6.16 Å². The van der Waals surface area contributed by atoms with E-state index in [2.05, 4.69) is 6.58 Å². The van der Waals surface area contributed by atoms with Crippen LogP contribution in [0.1, 0.15) is 11.1 Å². The van der Waals surface area contributed by atoms with Gasteiger partial charge in [0.15, 0.2) is 5.60 Å². The lowest BCUT2D eigenvalue weighted by atomic mass is 9.94. The summed E-state index contributed by atoms with van der Waals surface area (Å²) in [4.78, 5) is 11.0. The SMILES string of the molecule is C=C[C@]1(c2ccc(C)cc2)COC(=O)O1. The smallest absolute Gasteiger partial charge is 0.429 e. The Hall–Kier alpha value is -1.77. The minimum absolute atomic E-state index is 0.193. The van der Waals surface area contributed by atoms with Crippen LogP contribution in [0, 0.1) is 6.92 Å². The van der Waals surface area contributed by atoms with Crippen LogP contribution in [0.2, 0.25) is 0 Å². The molecule has 1 heterocycles. The van der Waals surface area contributed by atoms with E-state index in [-0.39, 0.29) is 6.61 Å². The summed E-state index contributed by atoms with van der Waals surface area (Å²) in [6.07, 6.45) is 0.957. The summed E-state index contributed by atoms with van der Waals surface area (Å²) >= 11 is 0. The van der Waals surface area contributed by atoms with Crippen molar-refractivity contribution in [3.8, 4) is 0 Å². The van der Waals surface area contributed by atoms with Gasteiger partial charge in [0.1, 0.15) is 6.61 Å². The number of cyclic esters (lactones) is 2. The van der Waals surface area contributed by atoms with Gasteiger partial charge in [0.2, 0.25) is 0 Å². The molecule has 15 heavy (non-hydrogen) atoms. The zero-order valence-electron chi connectivity index (χ0n) is 8.53. The molecule has 0 spiro atoms. The Morgan fingerprint density at radius 3 is 2.53 bits per heavy atom. The summed E-state index contributed by atoms with van der Waals surface area (Å²) < 4.78 is 9.96. The van der Waals surface area contributed by atoms with E-state index in [9.17, 15) is 4.79 Å². The molecule has 1 aromatic carbocycles. The first-order chi connectivity index (χ1) is 7.16. The fourth-order valence-electron chi connectivity index (χ4n) is 1.57. The molecule has 1 atom stereocenters. The Bertz CT molecular complexity index is 394. The molecule has 3 nitrogen and oxygen atoms in total. The maximum atomic E-state index is 11.0. The monoisotopic (exact) mass is 204 g/mol. The second-order valence-electron chi connectivity index (χ2n) is 3.60. The molecule has 0 radical (unpaired) electrons. The number of carbonyl (C=O) groups excluding carboxylic acids is 1. The molecule has 78 valence electrons. The van der Waals surface area contributed by atoms with Gasteiger partial charge in [-0.3, -0.25) is 0 Å². The van der Waals surface area contributed by atoms with Crippen molar-refractivity contribution in [1.29, 1.82) is 0 Å². The third kappa shape index (κ3) is 1.61. The fourth-order valence-corrected chi connectivity index (χ4v) is 1.57. The zero-order valence-corrected chi connectivity index (χ0v) is 8.53. The lowest BCUT2D eigenvalue weighted by Gasteiger charge is -2.20. The van der Waals surface area contributed by atoms with Crippen LogP contribution in [0.3, 0.4) is 0 Å². The standard InChI is InChI=1S/C12H12O3/c1-3-12(8-14-11(13)15-12)10-6-4-9(2)5-7-10/h3-7H,1,8H2,2H3/t12-/m1/s1. The van der Waals surface area contributed by atoms with Crippen LogP contribution in [0.4, 0.5) is 4.79 Å². The van der Waals surface area contributed by atoms with Crippen molar-refractivity contribution in [2.75, 3.05) is 6.61 Å². The van der Waals surface area contributed by atoms with Crippen molar-refractivity contribution < 1.29 is 14.3 Å². The molecule has 1 aliphatic heterocycles. The lowest BCUT2D eigenvalue weighted by Crippen LogP contribution is -2.25. The average Bonchev–Trinajstić information content (AvgIpc) is 2.62. The van der Waals surface area contributed by atoms with Gasteiger partial charge in [0.25, 0.3) is 0 Å². The fraction of sp³-hybridized carbons (Fsp3) is 0.250. The van der Waals surface area contributed by atoms with E-state index in [4.69, 9.17) is 9.47 Å². The number of rotatable bonds is 2. The van der Waals surface area contributed by atoms with Crippen molar-refractivity contribution in [2.45, 2.75) is 12.5 Å². The molecule has 0 aromatic heterocycles. The van der Waals surface area contributed by atoms with E-state index in [0.717, 1.165) is 11.1 Å². The van der Waals surface area contributed by atoms with Gasteiger partial charge in [-0.15, -0.1) is 0 Å². The van der Waals surface area contributed by atoms with Crippen LogP contribution in [0.25, 0.3) is 0 Å². The summed E-state index contributed by atoms with van der Waals surface area (Å²) in [5.41, 5.74) is 1.22. The molecule has 0 amide bonds. The van der Waals surface area contributed by atoms with Crippen molar-refractivity contribution in [3.05, 3.63) is 48.0 Å². The Labute approximate surface area is 88.3 Å². The number of aryl methyl sites for hydroxylation is 1. The van der Waals surface area contributed by atoms with Crippen LogP contribution in [-0.4, -0.2) is 12.8 Å². The summed E-state index contributed by atoms with van der Waals surface area (Å²) in [7, 11) is 0. The highest BCUT2D eigenvalue weighted by Crippen LogP contribution is 2.32. The molecular formula is C12H12O3. The zero-order chi connectivity index (χ0) is 10.9. The number of carbonyl (C=O) groups is 1. The highest BCUT2D eigenvalue weighted by atomic mass is 16.8. The van der Waals surface area contributed by atoms with Crippen molar-refractivity contribution >= 4 is 6.16 Å². The van der Waals surface area contributed by atoms with E-state index >= 15 is 0 Å². The molecule has 0 bridgehead atoms. The predicted octanol–water partition coefficient (Wildman–Crippen LogP) is 2.54. The Kier molecular flexibility index (Phi) is 2.23. The maximum Gasteiger partial charge on any atom is 0.509 e. The van der Waals surface area contributed by atoms with Crippen molar-refractivity contribution in [2.24, 2.45) is 0 Å². The molecule has 1 saturated heterocycles. The molecule has 0 saturated carbocycles. The van der Waals surface area contributed by atoms with Gasteiger partial charge in [0.05, 0.1) is 0 Å². The first-order valence-electron chi connectivity index (χ1n) is 4.73. The number of hydrogen-bond donors (Lipinski definition) is 0. The Balaban J connectivity index is 2.38. The molecule has 1 fully saturated rings. The molecule has 1 aromatic rings. The second kappa shape index (κ2) is 3.42. The van der Waals surface area contributed by atoms with Gasteiger partial charge in [-0.05, 0) is 13.0 Å². The first kappa shape index (κ1) is 9.77. The van der Waals surface area contributed by atoms with E-state index in [1.54, 1.807) is 6.08 Å². The van der Waals surface area contributed by atoms with Crippen LogP contribution < -0.4 is 0 Å². The molecular weight excluding hydrogens is 192 g/mol. The maximum absolute atomic E-state index is 11.0.